The molecule has 0 heterocycles. The molecule has 1 unspecified atom stereocenters. The Kier molecular flexibility index (Phi) is 11.7. The van der Waals surface area contributed by atoms with Gasteiger partial charge in [0, 0.05) is 31.1 Å². The van der Waals surface area contributed by atoms with Gasteiger partial charge in [0.1, 0.15) is 6.61 Å². The van der Waals surface area contributed by atoms with Gasteiger partial charge in [-0.3, -0.25) is 4.79 Å². The van der Waals surface area contributed by atoms with Gasteiger partial charge in [0.2, 0.25) is 6.41 Å². The van der Waals surface area contributed by atoms with E-state index in [0.29, 0.717) is 32.3 Å². The predicted molar refractivity (Wildman–Crippen MR) is 151 cm³/mol. The number of carbonyl (C=O) groups excluding carboxylic acids is 2. The van der Waals surface area contributed by atoms with Gasteiger partial charge in [-0.1, -0.05) is 79.6 Å². The van der Waals surface area contributed by atoms with Crippen LogP contribution in [0.4, 0.5) is 16.2 Å². The lowest BCUT2D eigenvalue weighted by Gasteiger charge is -2.39. The van der Waals surface area contributed by atoms with E-state index in [0.717, 1.165) is 28.9 Å². The van der Waals surface area contributed by atoms with Crippen molar-refractivity contribution in [2.24, 2.45) is 0 Å². The van der Waals surface area contributed by atoms with Crippen molar-refractivity contribution in [2.45, 2.75) is 51.8 Å². The smallest absolute Gasteiger partial charge is 0.410 e. The standard InChI is InChI=1S/C31H39N3O4/c1-3-10-29(21-32-24-36)33(31(37)38-23-26-17-15-25(2)16-18-26)22-30(19-20-35)34(27-11-6-4-7-12-27)28-13-8-5-9-14-28/h4-9,11-18,24,29-30,35H,3,10,19-23H2,1-2H3,(H,32,36)/t29?,30-/m1/s1. The highest BCUT2D eigenvalue weighted by Crippen LogP contribution is 2.30. The van der Waals surface area contributed by atoms with Crippen LogP contribution in [0.5, 0.6) is 0 Å². The number of nitrogens with zero attached hydrogens (tertiary/aromatic N) is 2. The molecule has 38 heavy (non-hydrogen) atoms. The van der Waals surface area contributed by atoms with E-state index < -0.39 is 6.09 Å². The first-order valence-corrected chi connectivity index (χ1v) is 13.2. The zero-order valence-electron chi connectivity index (χ0n) is 22.3. The Morgan fingerprint density at radius 2 is 1.53 bits per heavy atom. The Hall–Kier alpha value is -3.84. The van der Waals surface area contributed by atoms with Crippen LogP contribution in [-0.4, -0.2) is 54.3 Å². The van der Waals surface area contributed by atoms with E-state index in [9.17, 15) is 14.7 Å². The topological polar surface area (TPSA) is 82.1 Å². The summed E-state index contributed by atoms with van der Waals surface area (Å²) in [5, 5.41) is 12.8. The van der Waals surface area contributed by atoms with E-state index in [1.165, 1.54) is 0 Å². The second kappa shape index (κ2) is 15.4. The Morgan fingerprint density at radius 3 is 2.05 bits per heavy atom. The van der Waals surface area contributed by atoms with Crippen molar-refractivity contribution in [1.29, 1.82) is 0 Å². The maximum atomic E-state index is 13.6. The van der Waals surface area contributed by atoms with Crippen LogP contribution in [0.1, 0.15) is 37.3 Å². The maximum Gasteiger partial charge on any atom is 0.410 e. The number of carbonyl (C=O) groups is 2. The van der Waals surface area contributed by atoms with Crippen molar-refractivity contribution < 1.29 is 19.4 Å². The quantitative estimate of drug-likeness (QED) is 0.263. The molecule has 0 spiro atoms. The van der Waals surface area contributed by atoms with Crippen molar-refractivity contribution in [3.63, 3.8) is 0 Å². The molecular weight excluding hydrogens is 478 g/mol. The van der Waals surface area contributed by atoms with Crippen molar-refractivity contribution in [2.75, 3.05) is 24.6 Å². The number of anilines is 2. The molecule has 0 aliphatic heterocycles. The highest BCUT2D eigenvalue weighted by molar-refractivity contribution is 5.69. The summed E-state index contributed by atoms with van der Waals surface area (Å²) in [7, 11) is 0. The molecule has 2 atom stereocenters. The molecule has 2 N–H and O–H groups in total. The zero-order chi connectivity index (χ0) is 27.2. The summed E-state index contributed by atoms with van der Waals surface area (Å²) >= 11 is 0. The number of benzene rings is 3. The average molecular weight is 518 g/mol. The van der Waals surface area contributed by atoms with Gasteiger partial charge < -0.3 is 25.0 Å². The van der Waals surface area contributed by atoms with Crippen LogP contribution in [0.3, 0.4) is 0 Å². The summed E-state index contributed by atoms with van der Waals surface area (Å²) in [5.41, 5.74) is 3.97. The number of aliphatic hydroxyl groups excluding tert-OH is 1. The second-order valence-electron chi connectivity index (χ2n) is 9.37. The van der Waals surface area contributed by atoms with Gasteiger partial charge in [0.15, 0.2) is 0 Å². The molecule has 0 radical (unpaired) electrons. The first kappa shape index (κ1) is 28.7. The molecule has 0 saturated carbocycles. The van der Waals surface area contributed by atoms with Gasteiger partial charge in [-0.15, -0.1) is 0 Å². The van der Waals surface area contributed by atoms with Crippen LogP contribution in [0, 0.1) is 6.92 Å². The van der Waals surface area contributed by atoms with E-state index >= 15 is 0 Å². The molecule has 0 aliphatic carbocycles. The van der Waals surface area contributed by atoms with Gasteiger partial charge in [0.25, 0.3) is 0 Å². The number of rotatable bonds is 15. The lowest BCUT2D eigenvalue weighted by Crippen LogP contribution is -2.52. The molecule has 0 aliphatic rings. The van der Waals surface area contributed by atoms with Gasteiger partial charge >= 0.3 is 6.09 Å². The number of nitrogens with one attached hydrogen (secondary N) is 1. The lowest BCUT2D eigenvalue weighted by atomic mass is 10.1. The monoisotopic (exact) mass is 517 g/mol. The Labute approximate surface area is 226 Å². The number of hydrogen-bond donors (Lipinski definition) is 2. The maximum absolute atomic E-state index is 13.6. The summed E-state index contributed by atoms with van der Waals surface area (Å²) in [6, 6.07) is 27.3. The van der Waals surface area contributed by atoms with Gasteiger partial charge in [-0.25, -0.2) is 4.79 Å². The fourth-order valence-corrected chi connectivity index (χ4v) is 4.60. The number of amides is 2. The van der Waals surface area contributed by atoms with E-state index in [4.69, 9.17) is 4.74 Å². The fourth-order valence-electron chi connectivity index (χ4n) is 4.60. The molecule has 2 amide bonds. The third-order valence-electron chi connectivity index (χ3n) is 6.52. The zero-order valence-corrected chi connectivity index (χ0v) is 22.3. The van der Waals surface area contributed by atoms with E-state index in [-0.39, 0.29) is 25.3 Å². The minimum absolute atomic E-state index is 0.0435. The summed E-state index contributed by atoms with van der Waals surface area (Å²) in [5.74, 6) is 0. The van der Waals surface area contributed by atoms with Gasteiger partial charge in [-0.2, -0.15) is 0 Å². The SMILES string of the molecule is CCCC(CNC=O)N(C[C@@H](CCO)N(c1ccccc1)c1ccccc1)C(=O)OCc1ccc(C)cc1. The molecule has 0 fully saturated rings. The largest absolute Gasteiger partial charge is 0.445 e. The summed E-state index contributed by atoms with van der Waals surface area (Å²) in [4.78, 5) is 28.6. The lowest BCUT2D eigenvalue weighted by molar-refractivity contribution is -0.109. The number of aryl methyl sites for hydroxylation is 1. The molecule has 7 nitrogen and oxygen atoms in total. The number of aliphatic hydroxyl groups is 1. The molecule has 3 aromatic rings. The van der Waals surface area contributed by atoms with Crippen LogP contribution in [0.25, 0.3) is 0 Å². The minimum Gasteiger partial charge on any atom is -0.445 e. The molecule has 3 aromatic carbocycles. The first-order valence-electron chi connectivity index (χ1n) is 13.2. The summed E-state index contributed by atoms with van der Waals surface area (Å²) < 4.78 is 5.80. The normalized spacial score (nSPS) is 12.3. The number of para-hydroxylation sites is 2. The number of ether oxygens (including phenoxy) is 1. The minimum atomic E-state index is -0.444. The van der Waals surface area contributed by atoms with E-state index in [1.807, 2.05) is 91.9 Å². The highest BCUT2D eigenvalue weighted by atomic mass is 16.6. The molecule has 3 rings (SSSR count). The third kappa shape index (κ3) is 8.35. The van der Waals surface area contributed by atoms with Gasteiger partial charge in [0.05, 0.1) is 12.1 Å². The molecule has 7 heteroatoms. The summed E-state index contributed by atoms with van der Waals surface area (Å²) in [6.45, 7) is 4.80. The first-order chi connectivity index (χ1) is 18.6. The Bertz CT molecular complexity index is 1050. The third-order valence-corrected chi connectivity index (χ3v) is 6.52. The molecule has 0 bridgehead atoms. The highest BCUT2D eigenvalue weighted by Gasteiger charge is 2.31. The summed E-state index contributed by atoms with van der Waals surface area (Å²) in [6.07, 6.45) is 2.18. The fraction of sp³-hybridized carbons (Fsp3) is 0.355. The average Bonchev–Trinajstić information content (AvgIpc) is 2.95. The van der Waals surface area contributed by atoms with E-state index in [1.54, 1.807) is 4.90 Å². The Morgan fingerprint density at radius 1 is 0.921 bits per heavy atom. The molecule has 0 aromatic heterocycles. The molecular formula is C31H39N3O4. The Balaban J connectivity index is 1.94. The van der Waals surface area contributed by atoms with E-state index in [2.05, 4.69) is 17.1 Å². The predicted octanol–water partition coefficient (Wildman–Crippen LogP) is 5.44. The molecule has 202 valence electrons. The second-order valence-corrected chi connectivity index (χ2v) is 9.37. The van der Waals surface area contributed by atoms with Crippen LogP contribution >= 0.6 is 0 Å². The van der Waals surface area contributed by atoms with Gasteiger partial charge in [-0.05, 0) is 49.6 Å². The van der Waals surface area contributed by atoms with Crippen LogP contribution in [0.15, 0.2) is 84.9 Å². The van der Waals surface area contributed by atoms with Crippen LogP contribution in [-0.2, 0) is 16.1 Å². The van der Waals surface area contributed by atoms with Crippen LogP contribution in [0.2, 0.25) is 0 Å². The van der Waals surface area contributed by atoms with Crippen molar-refractivity contribution in [3.8, 4) is 0 Å². The van der Waals surface area contributed by atoms with Crippen LogP contribution < -0.4 is 10.2 Å². The number of hydrogen-bond acceptors (Lipinski definition) is 5. The van der Waals surface area contributed by atoms with Crippen molar-refractivity contribution in [1.82, 2.24) is 10.2 Å². The van der Waals surface area contributed by atoms with Crippen molar-refractivity contribution in [3.05, 3.63) is 96.1 Å². The van der Waals surface area contributed by atoms with Crippen molar-refractivity contribution >= 4 is 23.9 Å². The molecule has 0 saturated heterocycles.